The molecule has 3 rings (SSSR count). The summed E-state index contributed by atoms with van der Waals surface area (Å²) in [5.41, 5.74) is 1.00. The van der Waals surface area contributed by atoms with Crippen LogP contribution in [0.3, 0.4) is 0 Å². The van der Waals surface area contributed by atoms with Crippen LogP contribution in [0.1, 0.15) is 120 Å². The quantitative estimate of drug-likeness (QED) is 0.107. The van der Waals surface area contributed by atoms with E-state index in [0.717, 1.165) is 36.5 Å². The highest BCUT2D eigenvalue weighted by molar-refractivity contribution is 7.86. The smallest absolute Gasteiger partial charge is 0.296 e. The van der Waals surface area contributed by atoms with Gasteiger partial charge in [0, 0.05) is 6.10 Å². The van der Waals surface area contributed by atoms with E-state index in [1.165, 1.54) is 50.2 Å². The van der Waals surface area contributed by atoms with Gasteiger partial charge in [0.25, 0.3) is 10.1 Å². The molecule has 1 aromatic carbocycles. The van der Waals surface area contributed by atoms with Crippen LogP contribution in [0.4, 0.5) is 0 Å². The fraction of sp³-hybridized carbons (Fsp3) is 0.842. The first kappa shape index (κ1) is 39.9. The summed E-state index contributed by atoms with van der Waals surface area (Å²) in [6.45, 7) is 25.5. The van der Waals surface area contributed by atoms with Crippen LogP contribution < -0.4 is 0 Å². The van der Waals surface area contributed by atoms with Crippen LogP contribution in [0, 0.1) is 36.0 Å². The molecule has 2 aliphatic carbocycles. The summed E-state index contributed by atoms with van der Waals surface area (Å²) in [6.07, 6.45) is 8.26. The molecule has 0 saturated heterocycles. The van der Waals surface area contributed by atoms with Crippen molar-refractivity contribution in [1.82, 2.24) is 0 Å². The molecule has 0 spiro atoms. The van der Waals surface area contributed by atoms with Crippen molar-refractivity contribution < 1.29 is 21.5 Å². The number of benzene rings is 1. The van der Waals surface area contributed by atoms with Crippen LogP contribution in [0.2, 0.25) is 36.3 Å². The normalized spacial score (nSPS) is 25.8. The van der Waals surface area contributed by atoms with E-state index in [4.69, 9.17) is 13.0 Å². The van der Waals surface area contributed by atoms with Gasteiger partial charge in [0.15, 0.2) is 16.6 Å². The first-order valence-electron chi connectivity index (χ1n) is 18.9. The largest absolute Gasteiger partial charge is 0.414 e. The molecule has 0 radical (unpaired) electrons. The molecule has 0 amide bonds. The summed E-state index contributed by atoms with van der Waals surface area (Å²) in [7, 11) is -7.32. The second-order valence-corrected chi connectivity index (χ2v) is 26.9. The summed E-state index contributed by atoms with van der Waals surface area (Å²) in [5.74, 6) is 1.59. The van der Waals surface area contributed by atoms with Crippen LogP contribution in [0.25, 0.3) is 0 Å². The molecule has 0 bridgehead atoms. The maximum Gasteiger partial charge on any atom is 0.296 e. The van der Waals surface area contributed by atoms with Gasteiger partial charge in [0.05, 0.1) is 17.1 Å². The molecular formula is C38H70O5SSi2. The second-order valence-electron chi connectivity index (χ2n) is 15.9. The van der Waals surface area contributed by atoms with Gasteiger partial charge >= 0.3 is 0 Å². The minimum absolute atomic E-state index is 0.126. The highest BCUT2D eigenvalue weighted by Crippen LogP contribution is 2.60. The Bertz CT molecular complexity index is 1160. The molecule has 46 heavy (non-hydrogen) atoms. The molecule has 5 nitrogen and oxygen atoms in total. The van der Waals surface area contributed by atoms with Crippen molar-refractivity contribution in [2.75, 3.05) is 6.61 Å². The Kier molecular flexibility index (Phi) is 14.3. The lowest BCUT2D eigenvalue weighted by atomic mass is 9.60. The van der Waals surface area contributed by atoms with Crippen molar-refractivity contribution in [1.29, 1.82) is 0 Å². The van der Waals surface area contributed by atoms with Gasteiger partial charge in [-0.15, -0.1) is 0 Å². The third-order valence-electron chi connectivity index (χ3n) is 13.1. The summed E-state index contributed by atoms with van der Waals surface area (Å²) >= 11 is 0. The minimum atomic E-state index is -3.84. The summed E-state index contributed by atoms with van der Waals surface area (Å²) < 4.78 is 47.0. The van der Waals surface area contributed by atoms with Crippen molar-refractivity contribution in [3.05, 3.63) is 29.8 Å². The first-order valence-corrected chi connectivity index (χ1v) is 25.4. The van der Waals surface area contributed by atoms with E-state index < -0.39 is 26.8 Å². The zero-order valence-corrected chi connectivity index (χ0v) is 34.4. The molecule has 1 unspecified atom stereocenters. The molecular weight excluding hydrogens is 625 g/mol. The fourth-order valence-electron chi connectivity index (χ4n) is 9.40. The van der Waals surface area contributed by atoms with Crippen molar-refractivity contribution in [3.63, 3.8) is 0 Å². The maximum atomic E-state index is 13.4. The Morgan fingerprint density at radius 1 is 0.891 bits per heavy atom. The van der Waals surface area contributed by atoms with Crippen LogP contribution in [0.15, 0.2) is 29.2 Å². The zero-order chi connectivity index (χ0) is 34.4. The topological polar surface area (TPSA) is 61.8 Å². The second kappa shape index (κ2) is 16.5. The lowest BCUT2D eigenvalue weighted by Crippen LogP contribution is -2.49. The predicted molar refractivity (Wildman–Crippen MR) is 199 cm³/mol. The SMILES string of the molecule is CC[Si](CC)(CC)O[C@H]1CCC[C@]2(C)[C@@H]([C@H](C)C(CCC(C)(C)O[Si](CC)(CC)CC)COS(=O)(=O)c3ccc(C)cc3)CC[C@@H]12. The highest BCUT2D eigenvalue weighted by Gasteiger charge is 2.55. The van der Waals surface area contributed by atoms with Crippen LogP contribution >= 0.6 is 0 Å². The fourth-order valence-corrected chi connectivity index (χ4v) is 16.5. The molecule has 2 fully saturated rings. The number of hydrogen-bond acceptors (Lipinski definition) is 5. The highest BCUT2D eigenvalue weighted by atomic mass is 32.2. The van der Waals surface area contributed by atoms with Crippen LogP contribution in [-0.4, -0.2) is 43.4 Å². The summed E-state index contributed by atoms with van der Waals surface area (Å²) in [6, 6.07) is 14.0. The van der Waals surface area contributed by atoms with Gasteiger partial charge in [0.2, 0.25) is 0 Å². The van der Waals surface area contributed by atoms with Gasteiger partial charge in [-0.1, -0.05) is 79.5 Å². The lowest BCUT2D eigenvalue weighted by Gasteiger charge is -2.49. The Labute approximate surface area is 286 Å². The van der Waals surface area contributed by atoms with Crippen molar-refractivity contribution in [3.8, 4) is 0 Å². The molecule has 1 aromatic rings. The third kappa shape index (κ3) is 9.18. The van der Waals surface area contributed by atoms with Gasteiger partial charge in [-0.2, -0.15) is 8.42 Å². The summed E-state index contributed by atoms with van der Waals surface area (Å²) in [5, 5.41) is 0. The first-order chi connectivity index (χ1) is 21.6. The van der Waals surface area contributed by atoms with E-state index in [-0.39, 0.29) is 28.4 Å². The van der Waals surface area contributed by atoms with E-state index in [1.807, 2.05) is 19.1 Å². The van der Waals surface area contributed by atoms with E-state index >= 15 is 0 Å². The van der Waals surface area contributed by atoms with E-state index in [9.17, 15) is 8.42 Å². The monoisotopic (exact) mass is 694 g/mol. The Hall–Kier alpha value is -0.516. The molecule has 266 valence electrons. The number of aryl methyl sites for hydroxylation is 1. The van der Waals surface area contributed by atoms with E-state index in [2.05, 4.69) is 69.2 Å². The Balaban J connectivity index is 1.86. The third-order valence-corrected chi connectivity index (χ3v) is 24.0. The molecule has 2 aliphatic rings. The number of rotatable bonds is 19. The molecule has 0 aromatic heterocycles. The van der Waals surface area contributed by atoms with Gasteiger partial charge in [0.1, 0.15) is 0 Å². The van der Waals surface area contributed by atoms with E-state index in [1.54, 1.807) is 12.1 Å². The molecule has 0 heterocycles. The minimum Gasteiger partial charge on any atom is -0.414 e. The molecule has 2 saturated carbocycles. The van der Waals surface area contributed by atoms with Gasteiger partial charge in [-0.25, -0.2) is 0 Å². The Morgan fingerprint density at radius 2 is 1.46 bits per heavy atom. The van der Waals surface area contributed by atoms with Gasteiger partial charge < -0.3 is 8.85 Å². The number of fused-ring (bicyclic) bond motifs is 1. The van der Waals surface area contributed by atoms with Crippen LogP contribution in [0.5, 0.6) is 0 Å². The average molecular weight is 695 g/mol. The van der Waals surface area contributed by atoms with Crippen molar-refractivity contribution in [2.45, 2.75) is 174 Å². The van der Waals surface area contributed by atoms with Gasteiger partial charge in [-0.05, 0) is 137 Å². The van der Waals surface area contributed by atoms with Gasteiger partial charge in [-0.3, -0.25) is 4.18 Å². The molecule has 0 N–H and O–H groups in total. The molecule has 6 atom stereocenters. The summed E-state index contributed by atoms with van der Waals surface area (Å²) in [4.78, 5) is 0.244. The Morgan fingerprint density at radius 3 is 2.00 bits per heavy atom. The van der Waals surface area contributed by atoms with E-state index in [0.29, 0.717) is 23.9 Å². The zero-order valence-electron chi connectivity index (χ0n) is 31.5. The lowest BCUT2D eigenvalue weighted by molar-refractivity contribution is -0.0308. The number of hydrogen-bond donors (Lipinski definition) is 0. The molecule has 0 aliphatic heterocycles. The standard InChI is InChI=1S/C38H70O5SSi2/c1-12-45(13-2,14-3)42-36-19-18-27-38(11)34(24-25-35(36)38)31(8)32(26-28-37(9,10)43-46(15-4,16-5)17-6)29-41-44(39,40)33-22-20-30(7)21-23-33/h20-23,31-32,34-36H,12-19,24-29H2,1-11H3/t31-,32?,34-,35+,36+,38-/m1/s1. The molecule has 8 heteroatoms. The van der Waals surface area contributed by atoms with Crippen LogP contribution in [-0.2, 0) is 23.2 Å². The van der Waals surface area contributed by atoms with Crippen molar-refractivity contribution in [2.24, 2.45) is 29.1 Å². The predicted octanol–water partition coefficient (Wildman–Crippen LogP) is 11.1. The van der Waals surface area contributed by atoms with Crippen molar-refractivity contribution >= 4 is 26.8 Å². The maximum absolute atomic E-state index is 13.4. The average Bonchev–Trinajstić information content (AvgIpc) is 3.40.